The lowest BCUT2D eigenvalue weighted by Crippen LogP contribution is -2.48. The number of hydrogen-bond acceptors (Lipinski definition) is 3. The highest BCUT2D eigenvalue weighted by Gasteiger charge is 2.31. The van der Waals surface area contributed by atoms with Crippen LogP contribution in [0.1, 0.15) is 29.7 Å². The summed E-state index contributed by atoms with van der Waals surface area (Å²) >= 11 is 6.06. The van der Waals surface area contributed by atoms with Gasteiger partial charge in [-0.25, -0.2) is 8.42 Å². The van der Waals surface area contributed by atoms with Gasteiger partial charge in [0.2, 0.25) is 15.9 Å². The monoisotopic (exact) mass is 456 g/mol. The Balaban J connectivity index is 1.95. The number of aryl methyl sites for hydroxylation is 1. The molecule has 2 atom stereocenters. The zero-order chi connectivity index (χ0) is 22.6. The van der Waals surface area contributed by atoms with Crippen LogP contribution in [0.15, 0.2) is 78.9 Å². The molecule has 0 spiro atoms. The predicted molar refractivity (Wildman–Crippen MR) is 126 cm³/mol. The SMILES string of the molecule is Cc1ccc([C@H](NC(=O)[C@@H](C)N(c2cccc(Cl)c2)S(C)(=O)=O)c2ccccc2)cc1. The minimum absolute atomic E-state index is 0.337. The molecule has 0 heterocycles. The highest BCUT2D eigenvalue weighted by Crippen LogP contribution is 2.26. The van der Waals surface area contributed by atoms with Gasteiger partial charge in [0.1, 0.15) is 6.04 Å². The fraction of sp³-hybridized carbons (Fsp3) is 0.208. The Morgan fingerprint density at radius 1 is 0.935 bits per heavy atom. The van der Waals surface area contributed by atoms with E-state index in [0.717, 1.165) is 27.3 Å². The lowest BCUT2D eigenvalue weighted by Gasteiger charge is -2.30. The molecular formula is C24H25ClN2O3S. The molecule has 3 aromatic carbocycles. The van der Waals surface area contributed by atoms with E-state index >= 15 is 0 Å². The number of anilines is 1. The van der Waals surface area contributed by atoms with Crippen LogP contribution >= 0.6 is 11.6 Å². The third kappa shape index (κ3) is 5.66. The number of carbonyl (C=O) groups excluding carboxylic acids is 1. The quantitative estimate of drug-likeness (QED) is 0.560. The van der Waals surface area contributed by atoms with E-state index in [1.165, 1.54) is 6.07 Å². The summed E-state index contributed by atoms with van der Waals surface area (Å²) < 4.78 is 26.2. The standard InChI is InChI=1S/C24H25ClN2O3S/c1-17-12-14-20(15-13-17)23(19-8-5-4-6-9-19)26-24(28)18(2)27(31(3,29)30)22-11-7-10-21(25)16-22/h4-16,18,23H,1-3H3,(H,26,28)/t18-,23-/m1/s1. The van der Waals surface area contributed by atoms with Crippen molar-refractivity contribution in [1.82, 2.24) is 5.32 Å². The number of nitrogens with one attached hydrogen (secondary N) is 1. The van der Waals surface area contributed by atoms with E-state index in [4.69, 9.17) is 11.6 Å². The molecule has 0 aliphatic carbocycles. The molecule has 162 valence electrons. The van der Waals surface area contributed by atoms with E-state index in [0.29, 0.717) is 10.7 Å². The molecule has 0 radical (unpaired) electrons. The molecule has 0 unspecified atom stereocenters. The lowest BCUT2D eigenvalue weighted by atomic mass is 9.97. The first-order valence-electron chi connectivity index (χ1n) is 9.83. The van der Waals surface area contributed by atoms with Crippen molar-refractivity contribution in [2.24, 2.45) is 0 Å². The van der Waals surface area contributed by atoms with Crippen LogP contribution in [-0.4, -0.2) is 26.6 Å². The highest BCUT2D eigenvalue weighted by atomic mass is 35.5. The molecule has 0 aliphatic heterocycles. The van der Waals surface area contributed by atoms with Crippen LogP contribution in [0.3, 0.4) is 0 Å². The number of sulfonamides is 1. The number of rotatable bonds is 7. The smallest absolute Gasteiger partial charge is 0.244 e. The van der Waals surface area contributed by atoms with Crippen molar-refractivity contribution in [1.29, 1.82) is 0 Å². The van der Waals surface area contributed by atoms with Crippen LogP contribution in [0.25, 0.3) is 0 Å². The molecule has 0 fully saturated rings. The minimum Gasteiger partial charge on any atom is -0.343 e. The second-order valence-corrected chi connectivity index (χ2v) is 9.77. The second kappa shape index (κ2) is 9.54. The largest absolute Gasteiger partial charge is 0.343 e. The molecule has 0 aromatic heterocycles. The third-order valence-corrected chi connectivity index (χ3v) is 6.46. The zero-order valence-corrected chi connectivity index (χ0v) is 19.2. The maximum atomic E-state index is 13.3. The minimum atomic E-state index is -3.74. The van der Waals surface area contributed by atoms with Crippen LogP contribution in [-0.2, 0) is 14.8 Å². The van der Waals surface area contributed by atoms with E-state index in [2.05, 4.69) is 5.32 Å². The van der Waals surface area contributed by atoms with Crippen molar-refractivity contribution in [2.45, 2.75) is 25.9 Å². The van der Waals surface area contributed by atoms with E-state index in [1.54, 1.807) is 25.1 Å². The van der Waals surface area contributed by atoms with Crippen LogP contribution in [0.5, 0.6) is 0 Å². The van der Waals surface area contributed by atoms with Gasteiger partial charge in [0, 0.05) is 5.02 Å². The first kappa shape index (κ1) is 22.8. The van der Waals surface area contributed by atoms with Gasteiger partial charge in [-0.3, -0.25) is 9.10 Å². The molecule has 0 aliphatic rings. The molecule has 5 nitrogen and oxygen atoms in total. The Morgan fingerprint density at radius 3 is 2.13 bits per heavy atom. The van der Waals surface area contributed by atoms with E-state index in [-0.39, 0.29) is 0 Å². The molecule has 1 amide bonds. The third-order valence-electron chi connectivity index (χ3n) is 4.98. The molecule has 0 saturated heterocycles. The number of nitrogens with zero attached hydrogens (tertiary/aromatic N) is 1. The number of amides is 1. The summed E-state index contributed by atoms with van der Waals surface area (Å²) in [4.78, 5) is 13.3. The van der Waals surface area contributed by atoms with E-state index in [1.807, 2.05) is 61.5 Å². The van der Waals surface area contributed by atoms with Crippen molar-refractivity contribution >= 4 is 33.2 Å². The van der Waals surface area contributed by atoms with Gasteiger partial charge in [-0.15, -0.1) is 0 Å². The fourth-order valence-corrected chi connectivity index (χ4v) is 4.80. The number of halogens is 1. The average Bonchev–Trinajstić information content (AvgIpc) is 2.72. The first-order chi connectivity index (χ1) is 14.7. The predicted octanol–water partition coefficient (Wildman–Crippen LogP) is 4.71. The molecule has 0 bridgehead atoms. The van der Waals surface area contributed by atoms with Crippen LogP contribution < -0.4 is 9.62 Å². The lowest BCUT2D eigenvalue weighted by molar-refractivity contribution is -0.122. The Bertz CT molecular complexity index is 1150. The summed E-state index contributed by atoms with van der Waals surface area (Å²) in [6, 6.07) is 22.5. The number of carbonyl (C=O) groups is 1. The van der Waals surface area contributed by atoms with E-state index in [9.17, 15) is 13.2 Å². The zero-order valence-electron chi connectivity index (χ0n) is 17.6. The van der Waals surface area contributed by atoms with Crippen molar-refractivity contribution in [3.05, 3.63) is 101 Å². The Morgan fingerprint density at radius 2 is 1.55 bits per heavy atom. The van der Waals surface area contributed by atoms with Crippen LogP contribution in [0.2, 0.25) is 5.02 Å². The van der Waals surface area contributed by atoms with Gasteiger partial charge in [-0.1, -0.05) is 77.8 Å². The summed E-state index contributed by atoms with van der Waals surface area (Å²) in [5, 5.41) is 3.42. The number of benzene rings is 3. The Kier molecular flexibility index (Phi) is 7.03. The van der Waals surface area contributed by atoms with Gasteiger partial charge in [0.05, 0.1) is 18.0 Å². The van der Waals surface area contributed by atoms with Gasteiger partial charge < -0.3 is 5.32 Å². The summed E-state index contributed by atoms with van der Waals surface area (Å²) in [6.45, 7) is 3.56. The molecule has 31 heavy (non-hydrogen) atoms. The van der Waals surface area contributed by atoms with Gasteiger partial charge in [0.15, 0.2) is 0 Å². The highest BCUT2D eigenvalue weighted by molar-refractivity contribution is 7.92. The molecule has 7 heteroatoms. The Hall–Kier alpha value is -2.83. The van der Waals surface area contributed by atoms with Crippen molar-refractivity contribution in [3.8, 4) is 0 Å². The van der Waals surface area contributed by atoms with Gasteiger partial charge in [0.25, 0.3) is 0 Å². The van der Waals surface area contributed by atoms with E-state index < -0.39 is 28.0 Å². The van der Waals surface area contributed by atoms with Crippen LogP contribution in [0.4, 0.5) is 5.69 Å². The summed E-state index contributed by atoms with van der Waals surface area (Å²) in [7, 11) is -3.74. The van der Waals surface area contributed by atoms with Crippen molar-refractivity contribution in [3.63, 3.8) is 0 Å². The second-order valence-electron chi connectivity index (χ2n) is 7.48. The average molecular weight is 457 g/mol. The van der Waals surface area contributed by atoms with Crippen molar-refractivity contribution in [2.75, 3.05) is 10.6 Å². The van der Waals surface area contributed by atoms with Gasteiger partial charge in [-0.05, 0) is 43.2 Å². The maximum absolute atomic E-state index is 13.3. The summed E-state index contributed by atoms with van der Waals surface area (Å²) in [5.74, 6) is -0.417. The molecule has 0 saturated carbocycles. The van der Waals surface area contributed by atoms with Gasteiger partial charge >= 0.3 is 0 Å². The van der Waals surface area contributed by atoms with Crippen molar-refractivity contribution < 1.29 is 13.2 Å². The summed E-state index contributed by atoms with van der Waals surface area (Å²) in [6.07, 6.45) is 1.08. The molecule has 1 N–H and O–H groups in total. The first-order valence-corrected chi connectivity index (χ1v) is 12.1. The fourth-order valence-electron chi connectivity index (χ4n) is 3.45. The maximum Gasteiger partial charge on any atom is 0.244 e. The van der Waals surface area contributed by atoms with Crippen LogP contribution in [0, 0.1) is 6.92 Å². The molecule has 3 rings (SSSR count). The van der Waals surface area contributed by atoms with Gasteiger partial charge in [-0.2, -0.15) is 0 Å². The summed E-state index contributed by atoms with van der Waals surface area (Å²) in [5.41, 5.74) is 3.26. The molecule has 3 aromatic rings. The number of hydrogen-bond donors (Lipinski definition) is 1. The molecular weight excluding hydrogens is 432 g/mol. The topological polar surface area (TPSA) is 66.5 Å². The Labute approximate surface area is 188 Å². The normalized spacial score (nSPS) is 13.3.